The first-order valence-corrected chi connectivity index (χ1v) is 8.53. The summed E-state index contributed by atoms with van der Waals surface area (Å²) in [4.78, 5) is 20.0. The number of thiazole rings is 1. The molecule has 22 heavy (non-hydrogen) atoms. The van der Waals surface area contributed by atoms with E-state index in [-0.39, 0.29) is 12.3 Å². The lowest BCUT2D eigenvalue weighted by atomic mass is 10.1. The third kappa shape index (κ3) is 3.37. The number of aromatic nitrogens is 1. The van der Waals surface area contributed by atoms with E-state index in [9.17, 15) is 9.18 Å². The molecule has 0 saturated heterocycles. The van der Waals surface area contributed by atoms with E-state index in [1.165, 1.54) is 16.2 Å². The molecule has 1 aromatic carbocycles. The molecule has 116 valence electrons. The van der Waals surface area contributed by atoms with Crippen LogP contribution in [0.5, 0.6) is 0 Å². The van der Waals surface area contributed by atoms with Crippen molar-refractivity contribution in [2.24, 2.45) is 0 Å². The Morgan fingerprint density at radius 2 is 2.36 bits per heavy atom. The van der Waals surface area contributed by atoms with Crippen LogP contribution in [-0.2, 0) is 24.2 Å². The molecule has 3 rings (SSSR count). The quantitative estimate of drug-likeness (QED) is 0.884. The molecule has 1 N–H and O–H groups in total. The Morgan fingerprint density at radius 1 is 1.55 bits per heavy atom. The van der Waals surface area contributed by atoms with Gasteiger partial charge in [0.25, 0.3) is 0 Å². The summed E-state index contributed by atoms with van der Waals surface area (Å²) in [5.74, 6) is -0.644. The number of amides is 1. The number of rotatable bonds is 3. The number of anilines is 1. The Morgan fingerprint density at radius 3 is 3.18 bits per heavy atom. The van der Waals surface area contributed by atoms with Crippen molar-refractivity contribution in [3.63, 3.8) is 0 Å². The fourth-order valence-electron chi connectivity index (χ4n) is 2.40. The molecule has 0 bridgehead atoms. The predicted octanol–water partition coefficient (Wildman–Crippen LogP) is 3.21. The average molecular weight is 384 g/mol. The van der Waals surface area contributed by atoms with Crippen LogP contribution in [0.3, 0.4) is 0 Å². The van der Waals surface area contributed by atoms with E-state index in [1.54, 1.807) is 18.2 Å². The fourth-order valence-corrected chi connectivity index (χ4v) is 3.91. The van der Waals surface area contributed by atoms with Gasteiger partial charge in [0.2, 0.25) is 5.91 Å². The Kier molecular flexibility index (Phi) is 4.56. The van der Waals surface area contributed by atoms with Crippen LogP contribution in [0.4, 0.5) is 9.52 Å². The number of benzene rings is 1. The van der Waals surface area contributed by atoms with E-state index in [1.807, 2.05) is 0 Å². The van der Waals surface area contributed by atoms with Crippen LogP contribution in [0.25, 0.3) is 0 Å². The third-order valence-electron chi connectivity index (χ3n) is 3.55. The van der Waals surface area contributed by atoms with Crippen molar-refractivity contribution in [1.82, 2.24) is 9.88 Å². The van der Waals surface area contributed by atoms with Gasteiger partial charge in [0.1, 0.15) is 5.82 Å². The number of hydrogen-bond acceptors (Lipinski definition) is 4. The summed E-state index contributed by atoms with van der Waals surface area (Å²) in [7, 11) is 2.07. The van der Waals surface area contributed by atoms with Crippen molar-refractivity contribution in [2.45, 2.75) is 19.4 Å². The SMILES string of the molecule is CN1CCc2nc(NC(=O)Cc3cccc(Br)c3F)sc2C1. The van der Waals surface area contributed by atoms with Crippen LogP contribution in [0.2, 0.25) is 0 Å². The number of hydrogen-bond donors (Lipinski definition) is 1. The number of fused-ring (bicyclic) bond motifs is 1. The molecule has 0 radical (unpaired) electrons. The highest BCUT2D eigenvalue weighted by atomic mass is 79.9. The average Bonchev–Trinajstić information content (AvgIpc) is 2.85. The van der Waals surface area contributed by atoms with Gasteiger partial charge in [0.05, 0.1) is 16.6 Å². The van der Waals surface area contributed by atoms with Crippen LogP contribution in [0.1, 0.15) is 16.1 Å². The minimum atomic E-state index is -0.391. The van der Waals surface area contributed by atoms with Crippen LogP contribution >= 0.6 is 27.3 Å². The molecule has 2 aromatic rings. The molecule has 7 heteroatoms. The second kappa shape index (κ2) is 6.44. The van der Waals surface area contributed by atoms with Gasteiger partial charge < -0.3 is 10.2 Å². The largest absolute Gasteiger partial charge is 0.302 e. The summed E-state index contributed by atoms with van der Waals surface area (Å²) in [5.41, 5.74) is 1.43. The van der Waals surface area contributed by atoms with Crippen LogP contribution < -0.4 is 5.32 Å². The summed E-state index contributed by atoms with van der Waals surface area (Å²) in [6.45, 7) is 1.84. The second-order valence-electron chi connectivity index (χ2n) is 5.31. The first-order valence-electron chi connectivity index (χ1n) is 6.93. The summed E-state index contributed by atoms with van der Waals surface area (Å²) in [5, 5.41) is 3.37. The van der Waals surface area contributed by atoms with E-state index >= 15 is 0 Å². The molecule has 0 fully saturated rings. The van der Waals surface area contributed by atoms with Gasteiger partial charge in [-0.15, -0.1) is 11.3 Å². The predicted molar refractivity (Wildman–Crippen MR) is 88.6 cm³/mol. The van der Waals surface area contributed by atoms with Crippen molar-refractivity contribution in [3.05, 3.63) is 44.6 Å². The first kappa shape index (κ1) is 15.6. The molecule has 1 aliphatic heterocycles. The van der Waals surface area contributed by atoms with Gasteiger partial charge in [0.15, 0.2) is 5.13 Å². The maximum atomic E-state index is 13.9. The van der Waals surface area contributed by atoms with Gasteiger partial charge in [-0.3, -0.25) is 4.79 Å². The highest BCUT2D eigenvalue weighted by molar-refractivity contribution is 9.10. The molecular formula is C15H15BrFN3OS. The van der Waals surface area contributed by atoms with E-state index in [4.69, 9.17) is 0 Å². The molecule has 1 amide bonds. The summed E-state index contributed by atoms with van der Waals surface area (Å²) in [6.07, 6.45) is 0.897. The van der Waals surface area contributed by atoms with Gasteiger partial charge in [-0.1, -0.05) is 12.1 Å². The van der Waals surface area contributed by atoms with Gasteiger partial charge in [-0.2, -0.15) is 0 Å². The smallest absolute Gasteiger partial charge is 0.230 e. The molecule has 0 atom stereocenters. The molecule has 0 unspecified atom stereocenters. The van der Waals surface area contributed by atoms with Crippen molar-refractivity contribution in [3.8, 4) is 0 Å². The first-order chi connectivity index (χ1) is 10.5. The molecule has 4 nitrogen and oxygen atoms in total. The zero-order valence-electron chi connectivity index (χ0n) is 12.0. The molecule has 0 aliphatic carbocycles. The number of nitrogens with one attached hydrogen (secondary N) is 1. The molecule has 0 saturated carbocycles. The molecule has 0 spiro atoms. The number of carbonyl (C=O) groups excluding carboxylic acids is 1. The Balaban J connectivity index is 1.68. The molecule has 2 heterocycles. The van der Waals surface area contributed by atoms with E-state index in [2.05, 4.69) is 38.2 Å². The topological polar surface area (TPSA) is 45.2 Å². The Labute approximate surface area is 140 Å². The summed E-state index contributed by atoms with van der Waals surface area (Å²) >= 11 is 4.62. The highest BCUT2D eigenvalue weighted by Crippen LogP contribution is 2.28. The zero-order valence-corrected chi connectivity index (χ0v) is 14.4. The van der Waals surface area contributed by atoms with Crippen molar-refractivity contribution in [2.75, 3.05) is 18.9 Å². The Bertz CT molecular complexity index is 719. The second-order valence-corrected chi connectivity index (χ2v) is 7.25. The summed E-state index contributed by atoms with van der Waals surface area (Å²) in [6, 6.07) is 4.94. The van der Waals surface area contributed by atoms with E-state index in [0.29, 0.717) is 15.2 Å². The van der Waals surface area contributed by atoms with Gasteiger partial charge in [0, 0.05) is 24.4 Å². The van der Waals surface area contributed by atoms with Crippen LogP contribution in [0, 0.1) is 5.82 Å². The lowest BCUT2D eigenvalue weighted by Crippen LogP contribution is -2.25. The van der Waals surface area contributed by atoms with E-state index < -0.39 is 5.82 Å². The zero-order chi connectivity index (χ0) is 15.7. The number of halogens is 2. The maximum absolute atomic E-state index is 13.9. The molecule has 1 aromatic heterocycles. The monoisotopic (exact) mass is 383 g/mol. The van der Waals surface area contributed by atoms with Crippen molar-refractivity contribution >= 4 is 38.3 Å². The van der Waals surface area contributed by atoms with Crippen LogP contribution in [-0.4, -0.2) is 29.4 Å². The number of likely N-dealkylation sites (N-methyl/N-ethyl adjacent to an activating group) is 1. The highest BCUT2D eigenvalue weighted by Gasteiger charge is 2.19. The lowest BCUT2D eigenvalue weighted by Gasteiger charge is -2.20. The van der Waals surface area contributed by atoms with Gasteiger partial charge in [-0.05, 0) is 34.6 Å². The standard InChI is InChI=1S/C15H15BrFN3OS/c1-20-6-5-11-12(8-20)22-15(18-11)19-13(21)7-9-3-2-4-10(16)14(9)17/h2-4H,5-8H2,1H3,(H,18,19,21). The van der Waals surface area contributed by atoms with Crippen molar-refractivity contribution in [1.29, 1.82) is 0 Å². The minimum absolute atomic E-state index is 0.00454. The third-order valence-corrected chi connectivity index (χ3v) is 5.16. The molecular weight excluding hydrogens is 369 g/mol. The number of carbonyl (C=O) groups is 1. The van der Waals surface area contributed by atoms with Gasteiger partial charge in [-0.25, -0.2) is 9.37 Å². The van der Waals surface area contributed by atoms with Gasteiger partial charge >= 0.3 is 0 Å². The molecule has 1 aliphatic rings. The van der Waals surface area contributed by atoms with Crippen molar-refractivity contribution < 1.29 is 9.18 Å². The van der Waals surface area contributed by atoms with E-state index in [0.717, 1.165) is 25.2 Å². The summed E-state index contributed by atoms with van der Waals surface area (Å²) < 4.78 is 14.3. The minimum Gasteiger partial charge on any atom is -0.302 e. The lowest BCUT2D eigenvalue weighted by molar-refractivity contribution is -0.115. The number of nitrogens with zero attached hydrogens (tertiary/aromatic N) is 2. The van der Waals surface area contributed by atoms with Crippen LogP contribution in [0.15, 0.2) is 22.7 Å². The maximum Gasteiger partial charge on any atom is 0.230 e. The Hall–Kier alpha value is -1.31. The fraction of sp³-hybridized carbons (Fsp3) is 0.333. The normalized spacial score (nSPS) is 14.7.